The number of methoxy groups -OCH3 is 1. The Morgan fingerprint density at radius 2 is 2.20 bits per heavy atom. The number of rotatable bonds is 6. The molecule has 3 amide bonds. The third-order valence-electron chi connectivity index (χ3n) is 2.77. The van der Waals surface area contributed by atoms with Crippen molar-refractivity contribution in [2.24, 2.45) is 0 Å². The molecule has 114 valence electrons. The molecule has 1 fully saturated rings. The zero-order chi connectivity index (χ0) is 15.1. The molecule has 0 spiro atoms. The normalized spacial score (nSPS) is 19.5. The second kappa shape index (κ2) is 7.95. The molecule has 2 unspecified atom stereocenters. The number of ether oxygens (including phenoxy) is 1. The second-order valence-electron chi connectivity index (χ2n) is 4.28. The first kappa shape index (κ1) is 16.6. The number of carbonyl (C=O) groups excluding carboxylic acids is 2. The van der Waals surface area contributed by atoms with Crippen molar-refractivity contribution in [1.82, 2.24) is 15.5 Å². The van der Waals surface area contributed by atoms with E-state index in [2.05, 4.69) is 10.6 Å². The van der Waals surface area contributed by atoms with E-state index in [0.717, 1.165) is 0 Å². The molecule has 0 saturated carbocycles. The molecule has 0 radical (unpaired) electrons. The number of hydrogen-bond donors (Lipinski definition) is 3. The highest BCUT2D eigenvalue weighted by Crippen LogP contribution is 2.20. The van der Waals surface area contributed by atoms with Crippen LogP contribution >= 0.6 is 11.8 Å². The van der Waals surface area contributed by atoms with Gasteiger partial charge in [-0.15, -0.1) is 11.8 Å². The minimum absolute atomic E-state index is 0.306. The number of aliphatic carboxylic acids is 1. The first-order valence-corrected chi connectivity index (χ1v) is 7.27. The SMILES string of the molecule is COCCNC(=O)C(C)NC(=O)N1CSCC1C(=O)O. The van der Waals surface area contributed by atoms with Crippen molar-refractivity contribution in [3.05, 3.63) is 0 Å². The van der Waals surface area contributed by atoms with Crippen molar-refractivity contribution < 1.29 is 24.2 Å². The monoisotopic (exact) mass is 305 g/mol. The fraction of sp³-hybridized carbons (Fsp3) is 0.727. The summed E-state index contributed by atoms with van der Waals surface area (Å²) in [6.07, 6.45) is 0. The molecule has 1 rings (SSSR count). The summed E-state index contributed by atoms with van der Waals surface area (Å²) in [5, 5.41) is 14.1. The molecule has 0 aromatic carbocycles. The van der Waals surface area contributed by atoms with E-state index in [4.69, 9.17) is 9.84 Å². The number of nitrogens with one attached hydrogen (secondary N) is 2. The highest BCUT2D eigenvalue weighted by atomic mass is 32.2. The van der Waals surface area contributed by atoms with Crippen LogP contribution in [0.15, 0.2) is 0 Å². The van der Waals surface area contributed by atoms with Gasteiger partial charge in [0.1, 0.15) is 12.1 Å². The van der Waals surface area contributed by atoms with Crippen LogP contribution in [0, 0.1) is 0 Å². The Balaban J connectivity index is 2.44. The Labute approximate surface area is 121 Å². The van der Waals surface area contributed by atoms with Gasteiger partial charge in [-0.05, 0) is 6.92 Å². The lowest BCUT2D eigenvalue weighted by molar-refractivity contribution is -0.140. The number of nitrogens with zero attached hydrogens (tertiary/aromatic N) is 1. The molecule has 0 bridgehead atoms. The summed E-state index contributed by atoms with van der Waals surface area (Å²) in [4.78, 5) is 35.8. The maximum absolute atomic E-state index is 11.9. The van der Waals surface area contributed by atoms with Gasteiger partial charge in [-0.1, -0.05) is 0 Å². The predicted octanol–water partition coefficient (Wildman–Crippen LogP) is -0.693. The van der Waals surface area contributed by atoms with E-state index < -0.39 is 24.1 Å². The molecule has 1 aliphatic heterocycles. The molecule has 20 heavy (non-hydrogen) atoms. The molecule has 3 N–H and O–H groups in total. The summed E-state index contributed by atoms with van der Waals surface area (Å²) in [5.41, 5.74) is 0. The van der Waals surface area contributed by atoms with Gasteiger partial charge in [0.15, 0.2) is 0 Å². The van der Waals surface area contributed by atoms with Crippen molar-refractivity contribution in [3.8, 4) is 0 Å². The molecule has 0 aromatic rings. The zero-order valence-corrected chi connectivity index (χ0v) is 12.2. The number of urea groups is 1. The van der Waals surface area contributed by atoms with Crippen molar-refractivity contribution in [2.75, 3.05) is 31.9 Å². The molecule has 2 atom stereocenters. The molecule has 0 aromatic heterocycles. The van der Waals surface area contributed by atoms with Gasteiger partial charge in [0, 0.05) is 19.4 Å². The molecule has 1 heterocycles. The second-order valence-corrected chi connectivity index (χ2v) is 5.28. The van der Waals surface area contributed by atoms with Crippen LogP contribution in [0.3, 0.4) is 0 Å². The maximum Gasteiger partial charge on any atom is 0.327 e. The lowest BCUT2D eigenvalue weighted by Gasteiger charge is -2.23. The largest absolute Gasteiger partial charge is 0.480 e. The Morgan fingerprint density at radius 1 is 1.50 bits per heavy atom. The van der Waals surface area contributed by atoms with E-state index in [1.165, 1.54) is 23.8 Å². The third kappa shape index (κ3) is 4.57. The topological polar surface area (TPSA) is 108 Å². The van der Waals surface area contributed by atoms with Crippen molar-refractivity contribution in [3.63, 3.8) is 0 Å². The summed E-state index contributed by atoms with van der Waals surface area (Å²) in [5.74, 6) is -0.714. The van der Waals surface area contributed by atoms with E-state index in [0.29, 0.717) is 24.8 Å². The lowest BCUT2D eigenvalue weighted by atomic mass is 10.3. The van der Waals surface area contributed by atoms with Crippen LogP contribution in [0.4, 0.5) is 4.79 Å². The molecule has 8 nitrogen and oxygen atoms in total. The first-order valence-electron chi connectivity index (χ1n) is 6.11. The fourth-order valence-corrected chi connectivity index (χ4v) is 2.76. The van der Waals surface area contributed by atoms with E-state index >= 15 is 0 Å². The minimum Gasteiger partial charge on any atom is -0.480 e. The van der Waals surface area contributed by atoms with Gasteiger partial charge in [-0.3, -0.25) is 4.79 Å². The third-order valence-corrected chi connectivity index (χ3v) is 3.78. The Bertz CT molecular complexity index is 379. The maximum atomic E-state index is 11.9. The predicted molar refractivity (Wildman–Crippen MR) is 73.5 cm³/mol. The summed E-state index contributed by atoms with van der Waals surface area (Å²) in [7, 11) is 1.52. The van der Waals surface area contributed by atoms with Crippen molar-refractivity contribution in [1.29, 1.82) is 0 Å². The van der Waals surface area contributed by atoms with Crippen LogP contribution in [0.5, 0.6) is 0 Å². The molecule has 1 saturated heterocycles. The first-order chi connectivity index (χ1) is 9.47. The molecular weight excluding hydrogens is 286 g/mol. The van der Waals surface area contributed by atoms with Gasteiger partial charge in [-0.25, -0.2) is 9.59 Å². The van der Waals surface area contributed by atoms with Crippen molar-refractivity contribution in [2.45, 2.75) is 19.0 Å². The summed E-state index contributed by atoms with van der Waals surface area (Å²) >= 11 is 1.37. The Hall–Kier alpha value is -1.48. The average molecular weight is 305 g/mol. The average Bonchev–Trinajstić information content (AvgIpc) is 2.88. The summed E-state index contributed by atoms with van der Waals surface area (Å²) in [6, 6.07) is -2.13. The van der Waals surface area contributed by atoms with Gasteiger partial charge in [-0.2, -0.15) is 0 Å². The van der Waals surface area contributed by atoms with Gasteiger partial charge >= 0.3 is 12.0 Å². The van der Waals surface area contributed by atoms with Crippen LogP contribution in [-0.2, 0) is 14.3 Å². The number of hydrogen-bond acceptors (Lipinski definition) is 5. The van der Waals surface area contributed by atoms with Gasteiger partial charge < -0.3 is 25.4 Å². The Morgan fingerprint density at radius 3 is 2.80 bits per heavy atom. The van der Waals surface area contributed by atoms with Crippen LogP contribution in [-0.4, -0.2) is 71.9 Å². The van der Waals surface area contributed by atoms with E-state index in [-0.39, 0.29) is 5.91 Å². The van der Waals surface area contributed by atoms with Gasteiger partial charge in [0.25, 0.3) is 0 Å². The molecule has 1 aliphatic rings. The van der Waals surface area contributed by atoms with Crippen LogP contribution < -0.4 is 10.6 Å². The summed E-state index contributed by atoms with van der Waals surface area (Å²) < 4.78 is 4.80. The molecule has 9 heteroatoms. The highest BCUT2D eigenvalue weighted by molar-refractivity contribution is 7.99. The number of amides is 3. The molecule has 0 aliphatic carbocycles. The number of carboxylic acid groups (broad SMARTS) is 1. The highest BCUT2D eigenvalue weighted by Gasteiger charge is 2.35. The van der Waals surface area contributed by atoms with E-state index in [1.807, 2.05) is 0 Å². The van der Waals surface area contributed by atoms with E-state index in [1.54, 1.807) is 6.92 Å². The van der Waals surface area contributed by atoms with Crippen molar-refractivity contribution >= 4 is 29.7 Å². The zero-order valence-electron chi connectivity index (χ0n) is 11.4. The van der Waals surface area contributed by atoms with E-state index in [9.17, 15) is 14.4 Å². The number of thioether (sulfide) groups is 1. The Kier molecular flexibility index (Phi) is 6.59. The smallest absolute Gasteiger partial charge is 0.327 e. The summed E-state index contributed by atoms with van der Waals surface area (Å²) in [6.45, 7) is 2.28. The molecular formula is C11H19N3O5S. The van der Waals surface area contributed by atoms with Crippen LogP contribution in [0.2, 0.25) is 0 Å². The van der Waals surface area contributed by atoms with Gasteiger partial charge in [0.2, 0.25) is 5.91 Å². The van der Waals surface area contributed by atoms with Crippen LogP contribution in [0.1, 0.15) is 6.92 Å². The standard InChI is InChI=1S/C11H19N3O5S/c1-7(9(15)12-3-4-19-2)13-11(18)14-6-20-5-8(14)10(16)17/h7-8H,3-6H2,1-2H3,(H,12,15)(H,13,18)(H,16,17). The van der Waals surface area contributed by atoms with Gasteiger partial charge in [0.05, 0.1) is 12.5 Å². The lowest BCUT2D eigenvalue weighted by Crippen LogP contribution is -2.53. The fourth-order valence-electron chi connectivity index (χ4n) is 1.61. The number of carboxylic acids is 1. The van der Waals surface area contributed by atoms with Crippen LogP contribution in [0.25, 0.3) is 0 Å². The quantitative estimate of drug-likeness (QED) is 0.560. The number of carbonyl (C=O) groups is 3. The minimum atomic E-state index is -1.04.